The molecule has 0 fully saturated rings. The standard InChI is InChI=1S/C20H21NO3/c1-15-12-18(13-16(2)19(15)22)10-6-7-11-21-20(23)24-14-17-8-4-3-5-9-17/h3-5,8-9,12-13,22H,7,11,14H2,1-2H3,(H,21,23). The van der Waals surface area contributed by atoms with Gasteiger partial charge in [0.15, 0.2) is 0 Å². The van der Waals surface area contributed by atoms with Crippen molar-refractivity contribution in [2.75, 3.05) is 6.54 Å². The first kappa shape index (κ1) is 17.4. The number of ether oxygens (including phenoxy) is 1. The van der Waals surface area contributed by atoms with E-state index in [1.807, 2.05) is 56.3 Å². The van der Waals surface area contributed by atoms with Crippen LogP contribution in [0.2, 0.25) is 0 Å². The average Bonchev–Trinajstić information content (AvgIpc) is 2.58. The van der Waals surface area contributed by atoms with Crippen LogP contribution in [-0.4, -0.2) is 17.7 Å². The Labute approximate surface area is 142 Å². The number of alkyl carbamates (subject to hydrolysis) is 1. The Bertz CT molecular complexity index is 734. The summed E-state index contributed by atoms with van der Waals surface area (Å²) in [4.78, 5) is 11.6. The van der Waals surface area contributed by atoms with Gasteiger partial charge in [-0.25, -0.2) is 4.79 Å². The maximum Gasteiger partial charge on any atom is 0.407 e. The number of hydrogen-bond acceptors (Lipinski definition) is 3. The minimum absolute atomic E-state index is 0.254. The molecule has 0 radical (unpaired) electrons. The number of aromatic hydroxyl groups is 1. The highest BCUT2D eigenvalue weighted by molar-refractivity contribution is 5.67. The van der Waals surface area contributed by atoms with Crippen molar-refractivity contribution in [2.45, 2.75) is 26.9 Å². The van der Waals surface area contributed by atoms with Gasteiger partial charge in [0.2, 0.25) is 0 Å². The van der Waals surface area contributed by atoms with Gasteiger partial charge in [-0.3, -0.25) is 0 Å². The van der Waals surface area contributed by atoms with E-state index in [1.54, 1.807) is 0 Å². The molecule has 124 valence electrons. The molecular weight excluding hydrogens is 302 g/mol. The third-order valence-corrected chi connectivity index (χ3v) is 3.46. The van der Waals surface area contributed by atoms with Crippen molar-refractivity contribution in [3.05, 3.63) is 64.7 Å². The van der Waals surface area contributed by atoms with Crippen LogP contribution in [0.4, 0.5) is 4.79 Å². The van der Waals surface area contributed by atoms with E-state index in [0.29, 0.717) is 18.7 Å². The third kappa shape index (κ3) is 5.36. The predicted octanol–water partition coefficient (Wildman–Crippen LogP) is 3.68. The van der Waals surface area contributed by atoms with Crippen molar-refractivity contribution in [1.29, 1.82) is 0 Å². The van der Waals surface area contributed by atoms with Gasteiger partial charge in [-0.05, 0) is 42.7 Å². The number of amides is 1. The Balaban J connectivity index is 1.72. The van der Waals surface area contributed by atoms with Gasteiger partial charge >= 0.3 is 6.09 Å². The van der Waals surface area contributed by atoms with Crippen molar-refractivity contribution in [3.8, 4) is 17.6 Å². The lowest BCUT2D eigenvalue weighted by atomic mass is 10.1. The van der Waals surface area contributed by atoms with Crippen LogP contribution in [0.1, 0.15) is 28.7 Å². The normalized spacial score (nSPS) is 9.75. The van der Waals surface area contributed by atoms with E-state index in [-0.39, 0.29) is 6.61 Å². The summed E-state index contributed by atoms with van der Waals surface area (Å²) >= 11 is 0. The molecule has 0 atom stereocenters. The lowest BCUT2D eigenvalue weighted by Gasteiger charge is -2.05. The van der Waals surface area contributed by atoms with Gasteiger partial charge < -0.3 is 15.2 Å². The molecule has 2 aromatic rings. The Kier molecular flexibility index (Phi) is 6.27. The molecule has 0 aliphatic heterocycles. The lowest BCUT2D eigenvalue weighted by Crippen LogP contribution is -2.24. The van der Waals surface area contributed by atoms with Gasteiger partial charge in [0.1, 0.15) is 12.4 Å². The van der Waals surface area contributed by atoms with Crippen LogP contribution < -0.4 is 5.32 Å². The number of nitrogens with one attached hydrogen (secondary N) is 1. The van der Waals surface area contributed by atoms with Gasteiger partial charge in [-0.15, -0.1) is 0 Å². The van der Waals surface area contributed by atoms with Gasteiger partial charge in [0.05, 0.1) is 0 Å². The molecule has 0 aliphatic carbocycles. The largest absolute Gasteiger partial charge is 0.507 e. The van der Waals surface area contributed by atoms with Crippen LogP contribution in [0.3, 0.4) is 0 Å². The van der Waals surface area contributed by atoms with Crippen molar-refractivity contribution >= 4 is 6.09 Å². The summed E-state index contributed by atoms with van der Waals surface area (Å²) in [5.74, 6) is 6.34. The number of rotatable bonds is 4. The minimum Gasteiger partial charge on any atom is -0.507 e. The minimum atomic E-state index is -0.447. The van der Waals surface area contributed by atoms with Crippen LogP contribution in [0.15, 0.2) is 42.5 Å². The van der Waals surface area contributed by atoms with Crippen molar-refractivity contribution in [3.63, 3.8) is 0 Å². The number of aryl methyl sites for hydroxylation is 2. The van der Waals surface area contributed by atoms with Crippen LogP contribution >= 0.6 is 0 Å². The van der Waals surface area contributed by atoms with Gasteiger partial charge in [-0.2, -0.15) is 0 Å². The lowest BCUT2D eigenvalue weighted by molar-refractivity contribution is 0.140. The Morgan fingerprint density at radius 1 is 1.17 bits per heavy atom. The van der Waals surface area contributed by atoms with Crippen LogP contribution in [0, 0.1) is 25.7 Å². The molecule has 0 aromatic heterocycles. The third-order valence-electron chi connectivity index (χ3n) is 3.46. The van der Waals surface area contributed by atoms with Gasteiger partial charge in [-0.1, -0.05) is 42.2 Å². The van der Waals surface area contributed by atoms with Gasteiger partial charge in [0.25, 0.3) is 0 Å². The molecule has 0 aliphatic rings. The van der Waals surface area contributed by atoms with E-state index in [2.05, 4.69) is 17.2 Å². The number of benzene rings is 2. The zero-order chi connectivity index (χ0) is 17.4. The summed E-state index contributed by atoms with van der Waals surface area (Å²) in [6, 6.07) is 13.2. The molecule has 24 heavy (non-hydrogen) atoms. The Morgan fingerprint density at radius 3 is 2.50 bits per heavy atom. The first-order valence-corrected chi connectivity index (χ1v) is 7.80. The highest BCUT2D eigenvalue weighted by Crippen LogP contribution is 2.22. The summed E-state index contributed by atoms with van der Waals surface area (Å²) in [6.07, 6.45) is 0.0799. The highest BCUT2D eigenvalue weighted by atomic mass is 16.5. The van der Waals surface area contributed by atoms with Crippen molar-refractivity contribution in [2.24, 2.45) is 0 Å². The molecular formula is C20H21NO3. The number of hydrogen-bond donors (Lipinski definition) is 2. The number of phenolic OH excluding ortho intramolecular Hbond substituents is 1. The molecule has 0 spiro atoms. The van der Waals surface area contributed by atoms with Crippen molar-refractivity contribution in [1.82, 2.24) is 5.32 Å². The fourth-order valence-electron chi connectivity index (χ4n) is 2.19. The Morgan fingerprint density at radius 2 is 1.83 bits per heavy atom. The van der Waals surface area contributed by atoms with E-state index in [0.717, 1.165) is 22.3 Å². The maximum absolute atomic E-state index is 11.6. The quantitative estimate of drug-likeness (QED) is 0.666. The van der Waals surface area contributed by atoms with E-state index >= 15 is 0 Å². The second-order valence-corrected chi connectivity index (χ2v) is 5.50. The summed E-state index contributed by atoms with van der Waals surface area (Å²) in [7, 11) is 0. The fourth-order valence-corrected chi connectivity index (χ4v) is 2.19. The molecule has 1 amide bonds. The number of phenols is 1. The zero-order valence-electron chi connectivity index (χ0n) is 13.9. The van der Waals surface area contributed by atoms with E-state index in [9.17, 15) is 9.90 Å². The molecule has 2 N–H and O–H groups in total. The first-order valence-electron chi connectivity index (χ1n) is 7.80. The van der Waals surface area contributed by atoms with Crippen LogP contribution in [0.25, 0.3) is 0 Å². The smallest absolute Gasteiger partial charge is 0.407 e. The fraction of sp³-hybridized carbons (Fsp3) is 0.250. The summed E-state index contributed by atoms with van der Waals surface area (Å²) in [5.41, 5.74) is 3.42. The first-order chi connectivity index (χ1) is 11.6. The molecule has 2 aromatic carbocycles. The number of carbonyl (C=O) groups is 1. The Hall–Kier alpha value is -2.93. The van der Waals surface area contributed by atoms with Crippen LogP contribution in [-0.2, 0) is 11.3 Å². The molecule has 0 saturated heterocycles. The number of carbonyl (C=O) groups excluding carboxylic acids is 1. The molecule has 0 unspecified atom stereocenters. The average molecular weight is 323 g/mol. The van der Waals surface area contributed by atoms with Crippen molar-refractivity contribution < 1.29 is 14.6 Å². The summed E-state index contributed by atoms with van der Waals surface area (Å²) < 4.78 is 5.11. The zero-order valence-corrected chi connectivity index (χ0v) is 13.9. The maximum atomic E-state index is 11.6. The molecule has 0 saturated carbocycles. The van der Waals surface area contributed by atoms with Crippen LogP contribution in [0.5, 0.6) is 5.75 Å². The second kappa shape index (κ2) is 8.64. The molecule has 0 bridgehead atoms. The molecule has 0 heterocycles. The summed E-state index contributed by atoms with van der Waals surface area (Å²) in [6.45, 7) is 4.37. The van der Waals surface area contributed by atoms with E-state index < -0.39 is 6.09 Å². The topological polar surface area (TPSA) is 58.6 Å². The molecule has 4 nitrogen and oxygen atoms in total. The summed E-state index contributed by atoms with van der Waals surface area (Å²) in [5, 5.41) is 12.4. The SMILES string of the molecule is Cc1cc(C#CCCNC(=O)OCc2ccccc2)cc(C)c1O. The molecule has 2 rings (SSSR count). The second-order valence-electron chi connectivity index (χ2n) is 5.50. The molecule has 4 heteroatoms. The van der Waals surface area contributed by atoms with Gasteiger partial charge in [0, 0.05) is 18.5 Å². The van der Waals surface area contributed by atoms with E-state index in [1.165, 1.54) is 0 Å². The monoisotopic (exact) mass is 323 g/mol. The highest BCUT2D eigenvalue weighted by Gasteiger charge is 2.02. The van der Waals surface area contributed by atoms with E-state index in [4.69, 9.17) is 4.74 Å². The predicted molar refractivity (Wildman–Crippen MR) is 93.7 cm³/mol.